The van der Waals surface area contributed by atoms with Gasteiger partial charge in [-0.25, -0.2) is 13.1 Å². The summed E-state index contributed by atoms with van der Waals surface area (Å²) in [5.74, 6) is 0.842. The van der Waals surface area contributed by atoms with Gasteiger partial charge in [0, 0.05) is 30.2 Å². The quantitative estimate of drug-likeness (QED) is 0.674. The Hall–Kier alpha value is -2.77. The smallest absolute Gasteiger partial charge is 0.241 e. The molecule has 142 valence electrons. The molecule has 7 heteroatoms. The zero-order valence-corrected chi connectivity index (χ0v) is 16.2. The molecule has 0 spiro atoms. The van der Waals surface area contributed by atoms with Crippen molar-refractivity contribution in [1.82, 2.24) is 9.29 Å². The van der Waals surface area contributed by atoms with Gasteiger partial charge in [-0.3, -0.25) is 0 Å². The van der Waals surface area contributed by atoms with Gasteiger partial charge in [0.05, 0.1) is 19.1 Å². The fraction of sp³-hybridized carbons (Fsp3) is 0.200. The summed E-state index contributed by atoms with van der Waals surface area (Å²) >= 11 is 0. The highest BCUT2D eigenvalue weighted by Gasteiger charge is 2.20. The number of hydrogen-bond donors (Lipinski definition) is 1. The summed E-state index contributed by atoms with van der Waals surface area (Å²) in [6, 6.07) is 15.8. The van der Waals surface area contributed by atoms with Crippen molar-refractivity contribution in [3.63, 3.8) is 0 Å². The van der Waals surface area contributed by atoms with E-state index in [2.05, 4.69) is 4.72 Å². The van der Waals surface area contributed by atoms with Gasteiger partial charge in [-0.2, -0.15) is 0 Å². The fourth-order valence-electron chi connectivity index (χ4n) is 2.79. The number of rotatable bonds is 7. The first kappa shape index (κ1) is 19.0. The highest BCUT2D eigenvalue weighted by molar-refractivity contribution is 7.89. The normalized spacial score (nSPS) is 12.6. The number of hydrogen-bond acceptors (Lipinski definition) is 4. The van der Waals surface area contributed by atoms with E-state index in [0.29, 0.717) is 11.5 Å². The maximum atomic E-state index is 12.7. The first-order valence-corrected chi connectivity index (χ1v) is 9.90. The third kappa shape index (κ3) is 4.15. The molecular formula is C20H22N2O4S. The Kier molecular flexibility index (Phi) is 5.53. The Morgan fingerprint density at radius 2 is 1.56 bits per heavy atom. The van der Waals surface area contributed by atoms with Gasteiger partial charge >= 0.3 is 0 Å². The summed E-state index contributed by atoms with van der Waals surface area (Å²) in [6.07, 6.45) is 3.91. The molecule has 3 rings (SSSR count). The van der Waals surface area contributed by atoms with Crippen molar-refractivity contribution < 1.29 is 17.9 Å². The van der Waals surface area contributed by atoms with Crippen LogP contribution in [0.1, 0.15) is 18.5 Å². The van der Waals surface area contributed by atoms with Crippen molar-refractivity contribution in [2.75, 3.05) is 14.2 Å². The third-order valence-corrected chi connectivity index (χ3v) is 5.83. The number of sulfonamides is 1. The largest absolute Gasteiger partial charge is 0.493 e. The molecule has 1 heterocycles. The van der Waals surface area contributed by atoms with Crippen LogP contribution < -0.4 is 14.2 Å². The van der Waals surface area contributed by atoms with Crippen LogP contribution in [0, 0.1) is 0 Å². The van der Waals surface area contributed by atoms with Crippen LogP contribution in [0.4, 0.5) is 0 Å². The highest BCUT2D eigenvalue weighted by Crippen LogP contribution is 2.30. The summed E-state index contributed by atoms with van der Waals surface area (Å²) in [7, 11) is -0.737. The van der Waals surface area contributed by atoms with Crippen LogP contribution in [0.25, 0.3) is 5.69 Å². The molecule has 0 saturated heterocycles. The Balaban J connectivity index is 1.79. The molecule has 0 bridgehead atoms. The predicted octanol–water partition coefficient (Wildman–Crippen LogP) is 3.53. The monoisotopic (exact) mass is 386 g/mol. The lowest BCUT2D eigenvalue weighted by molar-refractivity contribution is 0.354. The van der Waals surface area contributed by atoms with Gasteiger partial charge in [-0.15, -0.1) is 0 Å². The van der Waals surface area contributed by atoms with E-state index in [1.54, 1.807) is 6.07 Å². The number of methoxy groups -OCH3 is 2. The van der Waals surface area contributed by atoms with Crippen molar-refractivity contribution in [3.05, 3.63) is 72.6 Å². The van der Waals surface area contributed by atoms with E-state index in [4.69, 9.17) is 9.47 Å². The summed E-state index contributed by atoms with van der Waals surface area (Å²) in [5.41, 5.74) is 1.88. The average Bonchev–Trinajstić information content (AvgIpc) is 3.22. The van der Waals surface area contributed by atoms with Crippen LogP contribution in [0.3, 0.4) is 0 Å². The average molecular weight is 386 g/mol. The molecule has 1 N–H and O–H groups in total. The predicted molar refractivity (Wildman–Crippen MR) is 104 cm³/mol. The topological polar surface area (TPSA) is 69.6 Å². The molecule has 0 amide bonds. The Morgan fingerprint density at radius 1 is 0.926 bits per heavy atom. The molecule has 1 unspecified atom stereocenters. The molecule has 0 aliphatic heterocycles. The highest BCUT2D eigenvalue weighted by atomic mass is 32.2. The van der Waals surface area contributed by atoms with E-state index in [0.717, 1.165) is 11.3 Å². The lowest BCUT2D eigenvalue weighted by atomic mass is 10.1. The maximum absolute atomic E-state index is 12.7. The van der Waals surface area contributed by atoms with Gasteiger partial charge in [0.15, 0.2) is 11.5 Å². The summed E-state index contributed by atoms with van der Waals surface area (Å²) in [6.45, 7) is 1.81. The van der Waals surface area contributed by atoms with Crippen molar-refractivity contribution in [3.8, 4) is 17.2 Å². The van der Waals surface area contributed by atoms with Gasteiger partial charge in [0.25, 0.3) is 0 Å². The second-order valence-electron chi connectivity index (χ2n) is 6.04. The molecule has 0 saturated carbocycles. The molecule has 0 fully saturated rings. The van der Waals surface area contributed by atoms with Crippen LogP contribution in [0.5, 0.6) is 11.5 Å². The molecule has 27 heavy (non-hydrogen) atoms. The molecule has 6 nitrogen and oxygen atoms in total. The summed E-state index contributed by atoms with van der Waals surface area (Å²) in [4.78, 5) is 0.121. The zero-order chi connectivity index (χ0) is 19.4. The molecule has 3 aromatic rings. The SMILES string of the molecule is COc1ccc(S(=O)(=O)NC(C)c2ccc(-n3cccc3)cc2)cc1OC. The van der Waals surface area contributed by atoms with E-state index in [1.165, 1.54) is 26.4 Å². The lowest BCUT2D eigenvalue weighted by Crippen LogP contribution is -2.27. The fourth-order valence-corrected chi connectivity index (χ4v) is 4.04. The van der Waals surface area contributed by atoms with E-state index >= 15 is 0 Å². The number of nitrogens with zero attached hydrogens (tertiary/aromatic N) is 1. The van der Waals surface area contributed by atoms with Gasteiger partial charge in [-0.05, 0) is 48.9 Å². The van der Waals surface area contributed by atoms with Crippen molar-refractivity contribution in [2.24, 2.45) is 0 Å². The van der Waals surface area contributed by atoms with Gasteiger partial charge in [-0.1, -0.05) is 12.1 Å². The Labute approximate surface area is 159 Å². The van der Waals surface area contributed by atoms with E-state index in [1.807, 2.05) is 60.3 Å². The zero-order valence-electron chi connectivity index (χ0n) is 15.4. The van der Waals surface area contributed by atoms with E-state index < -0.39 is 10.0 Å². The standard InChI is InChI=1S/C20H22N2O4S/c1-15(16-6-8-17(9-7-16)22-12-4-5-13-22)21-27(23,24)18-10-11-19(25-2)20(14-18)26-3/h4-15,21H,1-3H3. The molecule has 0 radical (unpaired) electrons. The molecule has 0 aliphatic carbocycles. The summed E-state index contributed by atoms with van der Waals surface area (Å²) < 4.78 is 40.5. The minimum Gasteiger partial charge on any atom is -0.493 e. The lowest BCUT2D eigenvalue weighted by Gasteiger charge is -2.16. The second-order valence-corrected chi connectivity index (χ2v) is 7.76. The minimum absolute atomic E-state index is 0.121. The molecule has 1 aromatic heterocycles. The molecule has 2 aromatic carbocycles. The number of aromatic nitrogens is 1. The van der Waals surface area contributed by atoms with E-state index in [-0.39, 0.29) is 10.9 Å². The van der Waals surface area contributed by atoms with Gasteiger partial charge in [0.1, 0.15) is 0 Å². The van der Waals surface area contributed by atoms with Gasteiger partial charge in [0.2, 0.25) is 10.0 Å². The van der Waals surface area contributed by atoms with Crippen LogP contribution in [-0.4, -0.2) is 27.2 Å². The van der Waals surface area contributed by atoms with Crippen LogP contribution >= 0.6 is 0 Å². The molecular weight excluding hydrogens is 364 g/mol. The van der Waals surface area contributed by atoms with Gasteiger partial charge < -0.3 is 14.0 Å². The first-order chi connectivity index (χ1) is 12.9. The van der Waals surface area contributed by atoms with Crippen LogP contribution in [0.15, 0.2) is 71.9 Å². The minimum atomic E-state index is -3.71. The Bertz CT molecular complexity index is 997. The number of nitrogens with one attached hydrogen (secondary N) is 1. The maximum Gasteiger partial charge on any atom is 0.241 e. The van der Waals surface area contributed by atoms with E-state index in [9.17, 15) is 8.42 Å². The molecule has 1 atom stereocenters. The number of benzene rings is 2. The molecule has 0 aliphatic rings. The first-order valence-electron chi connectivity index (χ1n) is 8.42. The second kappa shape index (κ2) is 7.85. The van der Waals surface area contributed by atoms with Crippen molar-refractivity contribution in [2.45, 2.75) is 17.9 Å². The van der Waals surface area contributed by atoms with Crippen molar-refractivity contribution in [1.29, 1.82) is 0 Å². The Morgan fingerprint density at radius 3 is 2.15 bits per heavy atom. The third-order valence-electron chi connectivity index (χ3n) is 4.29. The van der Waals surface area contributed by atoms with Crippen LogP contribution in [0.2, 0.25) is 0 Å². The van der Waals surface area contributed by atoms with Crippen LogP contribution in [-0.2, 0) is 10.0 Å². The number of ether oxygens (including phenoxy) is 2. The van der Waals surface area contributed by atoms with Crippen molar-refractivity contribution >= 4 is 10.0 Å². The summed E-state index contributed by atoms with van der Waals surface area (Å²) in [5, 5.41) is 0.